The maximum Gasteiger partial charge on any atom is 0.0741 e. The maximum absolute atomic E-state index is 6.20. The molecule has 3 fully saturated rings. The lowest BCUT2D eigenvalue weighted by atomic mass is 9.82. The monoisotopic (exact) mass is 316 g/mol. The van der Waals surface area contributed by atoms with Crippen LogP contribution in [0.4, 0.5) is 0 Å². The van der Waals surface area contributed by atoms with Crippen molar-refractivity contribution in [3.8, 4) is 0 Å². The van der Waals surface area contributed by atoms with Crippen molar-refractivity contribution in [3.05, 3.63) is 30.1 Å². The second-order valence-electron chi connectivity index (χ2n) is 7.38. The highest BCUT2D eigenvalue weighted by Gasteiger charge is 2.41. The Morgan fingerprint density at radius 2 is 1.74 bits per heavy atom. The predicted molar refractivity (Wildman–Crippen MR) is 89.5 cm³/mol. The van der Waals surface area contributed by atoms with Crippen LogP contribution in [0.3, 0.4) is 0 Å². The summed E-state index contributed by atoms with van der Waals surface area (Å²) in [4.78, 5) is 6.88. The summed E-state index contributed by atoms with van der Waals surface area (Å²) in [6.45, 7) is 5.12. The number of hydrogen-bond donors (Lipinski definition) is 0. The molecule has 3 saturated heterocycles. The van der Waals surface area contributed by atoms with Crippen LogP contribution in [0.1, 0.15) is 50.0 Å². The number of aromatic nitrogens is 1. The first kappa shape index (κ1) is 15.6. The quantitative estimate of drug-likeness (QED) is 0.840. The number of ether oxygens (including phenoxy) is 2. The second-order valence-corrected chi connectivity index (χ2v) is 7.38. The van der Waals surface area contributed by atoms with Crippen molar-refractivity contribution in [2.24, 2.45) is 0 Å². The molecule has 1 aromatic rings. The number of nitrogens with zero attached hydrogens (tertiary/aromatic N) is 2. The summed E-state index contributed by atoms with van der Waals surface area (Å²) in [5.41, 5.74) is 1.58. The molecule has 0 bridgehead atoms. The molecule has 4 rings (SSSR count). The fraction of sp³-hybridized carbons (Fsp3) is 0.737. The highest BCUT2D eigenvalue weighted by atomic mass is 16.5. The largest absolute Gasteiger partial charge is 0.381 e. The Morgan fingerprint density at radius 1 is 1.00 bits per heavy atom. The zero-order valence-electron chi connectivity index (χ0n) is 14.0. The molecule has 1 unspecified atom stereocenters. The van der Waals surface area contributed by atoms with E-state index in [1.54, 1.807) is 0 Å². The second kappa shape index (κ2) is 6.88. The van der Waals surface area contributed by atoms with Crippen molar-refractivity contribution in [2.45, 2.75) is 56.1 Å². The summed E-state index contributed by atoms with van der Waals surface area (Å²) in [7, 11) is 0. The lowest BCUT2D eigenvalue weighted by Crippen LogP contribution is -2.52. The van der Waals surface area contributed by atoms with Gasteiger partial charge in [0.2, 0.25) is 0 Å². The summed E-state index contributed by atoms with van der Waals surface area (Å²) < 4.78 is 11.7. The molecule has 3 aliphatic rings. The van der Waals surface area contributed by atoms with Crippen LogP contribution in [-0.4, -0.2) is 54.4 Å². The molecule has 0 saturated carbocycles. The van der Waals surface area contributed by atoms with Crippen molar-refractivity contribution in [2.75, 3.05) is 32.9 Å². The summed E-state index contributed by atoms with van der Waals surface area (Å²) in [5, 5.41) is 0. The van der Waals surface area contributed by atoms with Gasteiger partial charge in [0.15, 0.2) is 0 Å². The molecule has 0 amide bonds. The Balaban J connectivity index is 1.35. The van der Waals surface area contributed by atoms with Crippen molar-refractivity contribution >= 4 is 0 Å². The van der Waals surface area contributed by atoms with E-state index in [0.29, 0.717) is 12.0 Å². The normalized spacial score (nSPS) is 29.7. The maximum atomic E-state index is 6.20. The molecule has 4 nitrogen and oxygen atoms in total. The molecule has 0 N–H and O–H groups in total. The Labute approximate surface area is 139 Å². The van der Waals surface area contributed by atoms with Gasteiger partial charge in [-0.25, -0.2) is 0 Å². The Kier molecular flexibility index (Phi) is 4.65. The van der Waals surface area contributed by atoms with Gasteiger partial charge in [0.05, 0.1) is 5.60 Å². The minimum absolute atomic E-state index is 0.114. The summed E-state index contributed by atoms with van der Waals surface area (Å²) in [6, 6.07) is 5.08. The van der Waals surface area contributed by atoms with E-state index in [0.717, 1.165) is 32.7 Å². The van der Waals surface area contributed by atoms with Crippen LogP contribution in [0.15, 0.2) is 24.5 Å². The molecule has 4 heteroatoms. The average Bonchev–Trinajstić information content (AvgIpc) is 2.63. The number of piperidine rings is 1. The molecule has 126 valence electrons. The SMILES string of the molecule is c1cc(C2CCN(C3CCOC4(CCOCC4)C3)CC2)ccn1. The van der Waals surface area contributed by atoms with Gasteiger partial charge in [0, 0.05) is 38.3 Å². The lowest BCUT2D eigenvalue weighted by Gasteiger charge is -2.47. The van der Waals surface area contributed by atoms with Crippen LogP contribution < -0.4 is 0 Å². The highest BCUT2D eigenvalue weighted by Crippen LogP contribution is 2.38. The van der Waals surface area contributed by atoms with Crippen LogP contribution in [-0.2, 0) is 9.47 Å². The molecular formula is C19H28N2O2. The van der Waals surface area contributed by atoms with Crippen LogP contribution in [0.2, 0.25) is 0 Å². The molecule has 3 aliphatic heterocycles. The number of likely N-dealkylation sites (tertiary alicyclic amines) is 1. The lowest BCUT2D eigenvalue weighted by molar-refractivity contribution is -0.152. The van der Waals surface area contributed by atoms with E-state index >= 15 is 0 Å². The summed E-state index contributed by atoms with van der Waals surface area (Å²) in [6.07, 6.45) is 11.0. The number of hydrogen-bond acceptors (Lipinski definition) is 4. The fourth-order valence-electron chi connectivity index (χ4n) is 4.64. The highest BCUT2D eigenvalue weighted by molar-refractivity contribution is 5.16. The zero-order valence-corrected chi connectivity index (χ0v) is 14.0. The fourth-order valence-corrected chi connectivity index (χ4v) is 4.64. The molecule has 0 aliphatic carbocycles. The van der Waals surface area contributed by atoms with Gasteiger partial charge in [-0.3, -0.25) is 4.98 Å². The molecule has 1 spiro atoms. The van der Waals surface area contributed by atoms with Gasteiger partial charge < -0.3 is 14.4 Å². The predicted octanol–water partition coefficient (Wildman–Crippen LogP) is 2.99. The Hall–Kier alpha value is -0.970. The Morgan fingerprint density at radius 3 is 2.48 bits per heavy atom. The van der Waals surface area contributed by atoms with E-state index in [9.17, 15) is 0 Å². The molecule has 23 heavy (non-hydrogen) atoms. The first-order chi connectivity index (χ1) is 11.3. The number of rotatable bonds is 2. The third-order valence-electron chi connectivity index (χ3n) is 6.09. The average molecular weight is 316 g/mol. The minimum Gasteiger partial charge on any atom is -0.381 e. The van der Waals surface area contributed by atoms with Crippen LogP contribution >= 0.6 is 0 Å². The van der Waals surface area contributed by atoms with E-state index in [2.05, 4.69) is 22.0 Å². The molecule has 0 radical (unpaired) electrons. The standard InChI is InChI=1S/C19H28N2O2/c1-8-20-9-2-16(1)17-3-10-21(11-4-17)18-5-12-23-19(15-18)6-13-22-14-7-19/h1-2,8-9,17-18H,3-7,10-15H2. The van der Waals surface area contributed by atoms with Crippen molar-refractivity contribution in [1.82, 2.24) is 9.88 Å². The minimum atomic E-state index is 0.114. The number of pyridine rings is 1. The third-order valence-corrected chi connectivity index (χ3v) is 6.09. The van der Waals surface area contributed by atoms with Gasteiger partial charge in [0.25, 0.3) is 0 Å². The van der Waals surface area contributed by atoms with Gasteiger partial charge in [-0.2, -0.15) is 0 Å². The van der Waals surface area contributed by atoms with Crippen LogP contribution in [0.25, 0.3) is 0 Å². The third kappa shape index (κ3) is 3.44. The topological polar surface area (TPSA) is 34.6 Å². The molecule has 0 aromatic carbocycles. The van der Waals surface area contributed by atoms with E-state index < -0.39 is 0 Å². The van der Waals surface area contributed by atoms with Crippen LogP contribution in [0, 0.1) is 0 Å². The van der Waals surface area contributed by atoms with E-state index in [1.165, 1.54) is 44.3 Å². The van der Waals surface area contributed by atoms with E-state index in [1.807, 2.05) is 12.4 Å². The molecule has 1 atom stereocenters. The van der Waals surface area contributed by atoms with Gasteiger partial charge >= 0.3 is 0 Å². The van der Waals surface area contributed by atoms with Gasteiger partial charge in [-0.1, -0.05) is 0 Å². The summed E-state index contributed by atoms with van der Waals surface area (Å²) >= 11 is 0. The van der Waals surface area contributed by atoms with Crippen molar-refractivity contribution in [3.63, 3.8) is 0 Å². The van der Waals surface area contributed by atoms with Gasteiger partial charge in [-0.15, -0.1) is 0 Å². The smallest absolute Gasteiger partial charge is 0.0741 e. The molecule has 4 heterocycles. The van der Waals surface area contributed by atoms with Crippen LogP contribution in [0.5, 0.6) is 0 Å². The van der Waals surface area contributed by atoms with Crippen molar-refractivity contribution in [1.29, 1.82) is 0 Å². The van der Waals surface area contributed by atoms with E-state index in [-0.39, 0.29) is 5.60 Å². The summed E-state index contributed by atoms with van der Waals surface area (Å²) in [5.74, 6) is 0.714. The van der Waals surface area contributed by atoms with Gasteiger partial charge in [0.1, 0.15) is 0 Å². The zero-order chi connectivity index (χ0) is 15.5. The molecular weight excluding hydrogens is 288 g/mol. The van der Waals surface area contributed by atoms with Crippen molar-refractivity contribution < 1.29 is 9.47 Å². The first-order valence-electron chi connectivity index (χ1n) is 9.20. The molecule has 1 aromatic heterocycles. The van der Waals surface area contributed by atoms with E-state index in [4.69, 9.17) is 9.47 Å². The first-order valence-corrected chi connectivity index (χ1v) is 9.20. The van der Waals surface area contributed by atoms with Gasteiger partial charge in [-0.05, 0) is 75.2 Å². The Bertz CT molecular complexity index is 488.